The molecule has 5 heteroatoms. The smallest absolute Gasteiger partial charge is 0.253 e. The molecule has 0 aliphatic heterocycles. The Hall–Kier alpha value is -0.940. The van der Waals surface area contributed by atoms with E-state index in [1.165, 1.54) is 0 Å². The Morgan fingerprint density at radius 2 is 2.22 bits per heavy atom. The maximum atomic E-state index is 12.1. The van der Waals surface area contributed by atoms with E-state index in [1.54, 1.807) is 7.11 Å². The number of alkyl halides is 1. The topological polar surface area (TPSA) is 51.2 Å². The van der Waals surface area contributed by atoms with E-state index in [0.29, 0.717) is 12.2 Å². The molecule has 1 aromatic rings. The number of ether oxygens (including phenoxy) is 1. The Morgan fingerprint density at radius 3 is 2.78 bits per heavy atom. The van der Waals surface area contributed by atoms with Crippen LogP contribution in [-0.4, -0.2) is 36.0 Å². The fourth-order valence-electron chi connectivity index (χ4n) is 1.72. The first kappa shape index (κ1) is 15.1. The first-order chi connectivity index (χ1) is 8.58. The van der Waals surface area contributed by atoms with E-state index < -0.39 is 0 Å². The van der Waals surface area contributed by atoms with Crippen molar-refractivity contribution in [3.8, 4) is 0 Å². The summed E-state index contributed by atoms with van der Waals surface area (Å²) in [4.78, 5) is 16.4. The second kappa shape index (κ2) is 7.48. The lowest BCUT2D eigenvalue weighted by Crippen LogP contribution is -2.38. The van der Waals surface area contributed by atoms with Gasteiger partial charge in [0.05, 0.1) is 23.9 Å². The monoisotopic (exact) mass is 314 g/mol. The standard InChI is InChI=1S/C13H19BrN2O2/c1-9-4-5-12(10(2)15-9)13(17)16-11(6-7-14)8-18-3/h4-5,11H,6-8H2,1-3H3,(H,16,17). The summed E-state index contributed by atoms with van der Waals surface area (Å²) in [5, 5.41) is 3.79. The van der Waals surface area contributed by atoms with Crippen LogP contribution < -0.4 is 5.32 Å². The van der Waals surface area contributed by atoms with Crippen molar-refractivity contribution in [2.24, 2.45) is 0 Å². The number of amides is 1. The first-order valence-corrected chi connectivity index (χ1v) is 7.00. The number of rotatable bonds is 6. The van der Waals surface area contributed by atoms with Crippen LogP contribution in [0.25, 0.3) is 0 Å². The van der Waals surface area contributed by atoms with Crippen LogP contribution in [-0.2, 0) is 4.74 Å². The minimum Gasteiger partial charge on any atom is -0.383 e. The molecule has 1 aromatic heterocycles. The molecule has 1 amide bonds. The molecule has 0 fully saturated rings. The Kier molecular flexibility index (Phi) is 6.29. The lowest BCUT2D eigenvalue weighted by molar-refractivity contribution is 0.0894. The van der Waals surface area contributed by atoms with Crippen molar-refractivity contribution in [2.75, 3.05) is 19.0 Å². The second-order valence-electron chi connectivity index (χ2n) is 4.19. The second-order valence-corrected chi connectivity index (χ2v) is 4.98. The Bertz CT molecular complexity index is 404. The Morgan fingerprint density at radius 1 is 1.50 bits per heavy atom. The van der Waals surface area contributed by atoms with Gasteiger partial charge in [-0.25, -0.2) is 0 Å². The summed E-state index contributed by atoms with van der Waals surface area (Å²) >= 11 is 3.37. The van der Waals surface area contributed by atoms with Gasteiger partial charge in [0.1, 0.15) is 0 Å². The molecule has 0 bridgehead atoms. The number of carbonyl (C=O) groups excluding carboxylic acids is 1. The van der Waals surface area contributed by atoms with Crippen molar-refractivity contribution in [2.45, 2.75) is 26.3 Å². The zero-order valence-corrected chi connectivity index (χ0v) is 12.6. The molecule has 0 aliphatic carbocycles. The number of aromatic nitrogens is 1. The third-order valence-electron chi connectivity index (χ3n) is 2.63. The van der Waals surface area contributed by atoms with E-state index in [-0.39, 0.29) is 11.9 Å². The van der Waals surface area contributed by atoms with Crippen molar-refractivity contribution in [3.63, 3.8) is 0 Å². The molecule has 0 aromatic carbocycles. The summed E-state index contributed by atoms with van der Waals surface area (Å²) in [5.74, 6) is -0.0944. The summed E-state index contributed by atoms with van der Waals surface area (Å²) < 4.78 is 5.09. The summed E-state index contributed by atoms with van der Waals surface area (Å²) in [5.41, 5.74) is 2.29. The number of hydrogen-bond donors (Lipinski definition) is 1. The number of carbonyl (C=O) groups is 1. The Labute approximate surface area is 116 Å². The van der Waals surface area contributed by atoms with E-state index in [1.807, 2.05) is 26.0 Å². The normalized spacial score (nSPS) is 12.2. The fourth-order valence-corrected chi connectivity index (χ4v) is 2.27. The van der Waals surface area contributed by atoms with Crippen molar-refractivity contribution >= 4 is 21.8 Å². The van der Waals surface area contributed by atoms with Gasteiger partial charge in [-0.3, -0.25) is 9.78 Å². The number of nitrogens with zero attached hydrogens (tertiary/aromatic N) is 1. The van der Waals surface area contributed by atoms with E-state index >= 15 is 0 Å². The van der Waals surface area contributed by atoms with Crippen LogP contribution in [0.1, 0.15) is 28.2 Å². The van der Waals surface area contributed by atoms with Crippen molar-refractivity contribution in [3.05, 3.63) is 29.1 Å². The van der Waals surface area contributed by atoms with Gasteiger partial charge in [0.2, 0.25) is 0 Å². The highest BCUT2D eigenvalue weighted by Crippen LogP contribution is 2.07. The maximum Gasteiger partial charge on any atom is 0.253 e. The van der Waals surface area contributed by atoms with Gasteiger partial charge in [-0.1, -0.05) is 15.9 Å². The zero-order valence-electron chi connectivity index (χ0n) is 11.0. The molecule has 1 N–H and O–H groups in total. The van der Waals surface area contributed by atoms with Gasteiger partial charge in [0.15, 0.2) is 0 Å². The molecular formula is C13H19BrN2O2. The predicted molar refractivity (Wildman–Crippen MR) is 75.3 cm³/mol. The Balaban J connectivity index is 2.73. The minimum absolute atomic E-state index is 0.0163. The van der Waals surface area contributed by atoms with Gasteiger partial charge in [-0.05, 0) is 32.4 Å². The third kappa shape index (κ3) is 4.38. The van der Waals surface area contributed by atoms with Gasteiger partial charge in [0, 0.05) is 18.1 Å². The molecule has 0 saturated heterocycles. The van der Waals surface area contributed by atoms with E-state index in [4.69, 9.17) is 4.74 Å². The lowest BCUT2D eigenvalue weighted by atomic mass is 10.1. The molecule has 0 aliphatic rings. The quantitative estimate of drug-likeness (QED) is 0.819. The summed E-state index contributed by atoms with van der Waals surface area (Å²) in [6.45, 7) is 4.26. The molecule has 0 radical (unpaired) electrons. The van der Waals surface area contributed by atoms with Gasteiger partial charge < -0.3 is 10.1 Å². The summed E-state index contributed by atoms with van der Waals surface area (Å²) in [7, 11) is 1.63. The van der Waals surface area contributed by atoms with Crippen LogP contribution in [0.3, 0.4) is 0 Å². The van der Waals surface area contributed by atoms with Crippen LogP contribution >= 0.6 is 15.9 Å². The predicted octanol–water partition coefficient (Wildman–Crippen LogP) is 2.23. The number of methoxy groups -OCH3 is 1. The first-order valence-electron chi connectivity index (χ1n) is 5.88. The van der Waals surface area contributed by atoms with Gasteiger partial charge in [-0.2, -0.15) is 0 Å². The van der Waals surface area contributed by atoms with Crippen molar-refractivity contribution in [1.82, 2.24) is 10.3 Å². The van der Waals surface area contributed by atoms with Crippen LogP contribution in [0, 0.1) is 13.8 Å². The van der Waals surface area contributed by atoms with Gasteiger partial charge in [0.25, 0.3) is 5.91 Å². The molecule has 18 heavy (non-hydrogen) atoms. The van der Waals surface area contributed by atoms with Gasteiger partial charge >= 0.3 is 0 Å². The van der Waals surface area contributed by atoms with Crippen LogP contribution in [0.15, 0.2) is 12.1 Å². The van der Waals surface area contributed by atoms with E-state index in [9.17, 15) is 4.79 Å². The number of hydrogen-bond acceptors (Lipinski definition) is 3. The molecule has 1 atom stereocenters. The van der Waals surface area contributed by atoms with Crippen molar-refractivity contribution in [1.29, 1.82) is 0 Å². The highest BCUT2D eigenvalue weighted by Gasteiger charge is 2.15. The van der Waals surface area contributed by atoms with Crippen LogP contribution in [0.4, 0.5) is 0 Å². The number of halogens is 1. The molecule has 1 rings (SSSR count). The fraction of sp³-hybridized carbons (Fsp3) is 0.538. The third-order valence-corrected chi connectivity index (χ3v) is 3.09. The average Bonchev–Trinajstić information content (AvgIpc) is 2.29. The summed E-state index contributed by atoms with van der Waals surface area (Å²) in [6, 6.07) is 3.67. The molecule has 1 heterocycles. The average molecular weight is 315 g/mol. The van der Waals surface area contributed by atoms with E-state index in [2.05, 4.69) is 26.2 Å². The SMILES string of the molecule is COCC(CCBr)NC(=O)c1ccc(C)nc1C. The lowest BCUT2D eigenvalue weighted by Gasteiger charge is -2.17. The molecule has 100 valence electrons. The largest absolute Gasteiger partial charge is 0.383 e. The highest BCUT2D eigenvalue weighted by molar-refractivity contribution is 9.09. The molecule has 1 unspecified atom stereocenters. The number of pyridine rings is 1. The minimum atomic E-state index is -0.0944. The van der Waals surface area contributed by atoms with Crippen LogP contribution in [0.2, 0.25) is 0 Å². The number of aryl methyl sites for hydroxylation is 2. The zero-order chi connectivity index (χ0) is 13.5. The highest BCUT2D eigenvalue weighted by atomic mass is 79.9. The molecule has 0 spiro atoms. The van der Waals surface area contributed by atoms with E-state index in [0.717, 1.165) is 23.1 Å². The van der Waals surface area contributed by atoms with Crippen molar-refractivity contribution < 1.29 is 9.53 Å². The van der Waals surface area contributed by atoms with Gasteiger partial charge in [-0.15, -0.1) is 0 Å². The maximum absolute atomic E-state index is 12.1. The molecule has 4 nitrogen and oxygen atoms in total. The van der Waals surface area contributed by atoms with Crippen LogP contribution in [0.5, 0.6) is 0 Å². The molecule has 0 saturated carbocycles. The molecular weight excluding hydrogens is 296 g/mol. The summed E-state index contributed by atoms with van der Waals surface area (Å²) in [6.07, 6.45) is 0.831. The number of nitrogens with one attached hydrogen (secondary N) is 1.